The van der Waals surface area contributed by atoms with Gasteiger partial charge in [-0.2, -0.15) is 0 Å². The number of hydrogen-bond donors (Lipinski definition) is 1. The Labute approximate surface area is 158 Å². The molecular formula is C22H23N3O2. The molecule has 5 heteroatoms. The fourth-order valence-corrected chi connectivity index (χ4v) is 3.82. The van der Waals surface area contributed by atoms with Crippen molar-refractivity contribution in [3.05, 3.63) is 75.8 Å². The third-order valence-electron chi connectivity index (χ3n) is 5.27. The van der Waals surface area contributed by atoms with Gasteiger partial charge < -0.3 is 9.88 Å². The zero-order valence-electron chi connectivity index (χ0n) is 15.4. The second-order valence-electron chi connectivity index (χ2n) is 7.19. The number of nitrogens with one attached hydrogen (secondary N) is 1. The molecule has 27 heavy (non-hydrogen) atoms. The topological polar surface area (TPSA) is 66.1 Å². The molecule has 138 valence electrons. The van der Waals surface area contributed by atoms with Crippen LogP contribution in [0.2, 0.25) is 0 Å². The minimum atomic E-state index is -0.151. The van der Waals surface area contributed by atoms with Crippen LogP contribution in [0.25, 0.3) is 10.9 Å². The van der Waals surface area contributed by atoms with Gasteiger partial charge in [0.2, 0.25) is 5.91 Å². The van der Waals surface area contributed by atoms with E-state index in [0.29, 0.717) is 29.6 Å². The van der Waals surface area contributed by atoms with Gasteiger partial charge in [-0.3, -0.25) is 9.59 Å². The molecule has 0 spiro atoms. The molecule has 1 aliphatic rings. The summed E-state index contributed by atoms with van der Waals surface area (Å²) in [5.74, 6) is 0.687. The molecule has 1 N–H and O–H groups in total. The van der Waals surface area contributed by atoms with E-state index in [1.165, 1.54) is 11.1 Å². The molecule has 2 aromatic carbocycles. The van der Waals surface area contributed by atoms with Crippen molar-refractivity contribution in [2.45, 2.75) is 38.6 Å². The Hall–Kier alpha value is -2.95. The minimum Gasteiger partial charge on any atom is -0.336 e. The molecule has 1 saturated heterocycles. The van der Waals surface area contributed by atoms with Crippen molar-refractivity contribution in [1.29, 1.82) is 0 Å². The van der Waals surface area contributed by atoms with Crippen molar-refractivity contribution in [1.82, 2.24) is 14.9 Å². The molecule has 0 saturated carbocycles. The number of carbonyl (C=O) groups is 1. The maximum absolute atomic E-state index is 12.8. The van der Waals surface area contributed by atoms with E-state index in [1.807, 2.05) is 23.1 Å². The van der Waals surface area contributed by atoms with Crippen LogP contribution in [-0.2, 0) is 11.2 Å². The summed E-state index contributed by atoms with van der Waals surface area (Å²) in [7, 11) is 0. The number of amides is 1. The normalized spacial score (nSPS) is 16.8. The van der Waals surface area contributed by atoms with Gasteiger partial charge >= 0.3 is 0 Å². The first-order chi connectivity index (χ1) is 13.1. The molecule has 4 rings (SSSR count). The third kappa shape index (κ3) is 3.63. The lowest BCUT2D eigenvalue weighted by atomic mass is 10.0. The van der Waals surface area contributed by atoms with E-state index in [4.69, 9.17) is 0 Å². The fourth-order valence-electron chi connectivity index (χ4n) is 3.82. The largest absolute Gasteiger partial charge is 0.336 e. The Bertz CT molecular complexity index is 1020. The van der Waals surface area contributed by atoms with Crippen molar-refractivity contribution >= 4 is 16.8 Å². The van der Waals surface area contributed by atoms with Crippen LogP contribution in [0.3, 0.4) is 0 Å². The molecule has 0 bridgehead atoms. The van der Waals surface area contributed by atoms with Gasteiger partial charge in [0.05, 0.1) is 16.9 Å². The maximum Gasteiger partial charge on any atom is 0.258 e. The van der Waals surface area contributed by atoms with E-state index in [1.54, 1.807) is 6.07 Å². The van der Waals surface area contributed by atoms with Gasteiger partial charge in [-0.15, -0.1) is 0 Å². The van der Waals surface area contributed by atoms with Gasteiger partial charge in [0.25, 0.3) is 5.56 Å². The van der Waals surface area contributed by atoms with Gasteiger partial charge in [-0.1, -0.05) is 42.0 Å². The van der Waals surface area contributed by atoms with Crippen LogP contribution in [0, 0.1) is 6.92 Å². The second-order valence-corrected chi connectivity index (χ2v) is 7.19. The van der Waals surface area contributed by atoms with E-state index in [2.05, 4.69) is 41.2 Å². The highest BCUT2D eigenvalue weighted by molar-refractivity contribution is 5.78. The van der Waals surface area contributed by atoms with Crippen molar-refractivity contribution in [2.75, 3.05) is 6.54 Å². The average Bonchev–Trinajstić information content (AvgIpc) is 3.17. The molecule has 0 aliphatic carbocycles. The number of para-hydroxylation sites is 1. The summed E-state index contributed by atoms with van der Waals surface area (Å²) in [4.78, 5) is 34.3. The molecule has 1 fully saturated rings. The van der Waals surface area contributed by atoms with Gasteiger partial charge in [0.1, 0.15) is 5.82 Å². The number of aromatic nitrogens is 2. The summed E-state index contributed by atoms with van der Waals surface area (Å²) in [5.41, 5.74) is 2.94. The highest BCUT2D eigenvalue weighted by Crippen LogP contribution is 2.32. The van der Waals surface area contributed by atoms with Crippen LogP contribution in [0.5, 0.6) is 0 Å². The van der Waals surface area contributed by atoms with E-state index in [0.717, 1.165) is 19.4 Å². The highest BCUT2D eigenvalue weighted by atomic mass is 16.2. The number of fused-ring (bicyclic) bond motifs is 1. The van der Waals surface area contributed by atoms with Crippen LogP contribution in [0.4, 0.5) is 0 Å². The number of hydrogen-bond acceptors (Lipinski definition) is 3. The minimum absolute atomic E-state index is 0.119. The summed E-state index contributed by atoms with van der Waals surface area (Å²) in [5, 5.41) is 0.576. The van der Waals surface area contributed by atoms with Crippen LogP contribution in [0.1, 0.15) is 42.3 Å². The Balaban J connectivity index is 1.47. The van der Waals surface area contributed by atoms with E-state index in [9.17, 15) is 9.59 Å². The Kier molecular flexibility index (Phi) is 4.75. The summed E-state index contributed by atoms with van der Waals surface area (Å²) >= 11 is 0. The molecule has 1 aliphatic heterocycles. The molecule has 1 aromatic heterocycles. The molecule has 0 radical (unpaired) electrons. The molecule has 1 atom stereocenters. The predicted molar refractivity (Wildman–Crippen MR) is 106 cm³/mol. The Morgan fingerprint density at radius 2 is 1.96 bits per heavy atom. The molecule has 1 unspecified atom stereocenters. The quantitative estimate of drug-likeness (QED) is 0.773. The fraction of sp³-hybridized carbons (Fsp3) is 0.318. The lowest BCUT2D eigenvalue weighted by Gasteiger charge is -2.25. The van der Waals surface area contributed by atoms with E-state index < -0.39 is 0 Å². The van der Waals surface area contributed by atoms with Crippen LogP contribution in [0.15, 0.2) is 53.3 Å². The van der Waals surface area contributed by atoms with Crippen molar-refractivity contribution in [2.24, 2.45) is 0 Å². The van der Waals surface area contributed by atoms with Gasteiger partial charge in [-0.05, 0) is 37.5 Å². The molecule has 3 aromatic rings. The van der Waals surface area contributed by atoms with Gasteiger partial charge in [-0.25, -0.2) is 4.98 Å². The molecule has 2 heterocycles. The summed E-state index contributed by atoms with van der Waals surface area (Å²) in [6.07, 6.45) is 2.81. The van der Waals surface area contributed by atoms with Crippen LogP contribution < -0.4 is 5.56 Å². The summed E-state index contributed by atoms with van der Waals surface area (Å²) in [6, 6.07) is 15.8. The van der Waals surface area contributed by atoms with E-state index >= 15 is 0 Å². The number of H-pyrrole nitrogens is 1. The van der Waals surface area contributed by atoms with Crippen LogP contribution in [-0.4, -0.2) is 27.3 Å². The zero-order valence-corrected chi connectivity index (χ0v) is 15.4. The van der Waals surface area contributed by atoms with Gasteiger partial charge in [0, 0.05) is 19.4 Å². The first kappa shape index (κ1) is 17.5. The number of rotatable bonds is 4. The second kappa shape index (κ2) is 7.35. The van der Waals surface area contributed by atoms with E-state index in [-0.39, 0.29) is 17.5 Å². The first-order valence-electron chi connectivity index (χ1n) is 9.46. The third-order valence-corrected chi connectivity index (χ3v) is 5.27. The van der Waals surface area contributed by atoms with Crippen molar-refractivity contribution < 1.29 is 4.79 Å². The number of nitrogens with zero attached hydrogens (tertiary/aromatic N) is 2. The van der Waals surface area contributed by atoms with Crippen molar-refractivity contribution in [3.8, 4) is 0 Å². The highest BCUT2D eigenvalue weighted by Gasteiger charge is 2.29. The van der Waals surface area contributed by atoms with Crippen molar-refractivity contribution in [3.63, 3.8) is 0 Å². The maximum atomic E-state index is 12.8. The smallest absolute Gasteiger partial charge is 0.258 e. The SMILES string of the molecule is Cc1ccc(C2CCCN2C(=O)CCc2nc3ccccc3c(=O)[nH]2)cc1. The number of aryl methyl sites for hydroxylation is 2. The lowest BCUT2D eigenvalue weighted by Crippen LogP contribution is -2.31. The molecule has 5 nitrogen and oxygen atoms in total. The number of likely N-dealkylation sites (tertiary alicyclic amines) is 1. The summed E-state index contributed by atoms with van der Waals surface area (Å²) < 4.78 is 0. The zero-order chi connectivity index (χ0) is 18.8. The standard InChI is InChI=1S/C22H23N3O2/c1-15-8-10-16(11-9-15)19-7-4-14-25(19)21(26)13-12-20-23-18-6-3-2-5-17(18)22(27)24-20/h2-3,5-6,8-11,19H,4,7,12-14H2,1H3,(H,23,24,27). The Morgan fingerprint density at radius 1 is 1.19 bits per heavy atom. The molecule has 1 amide bonds. The summed E-state index contributed by atoms with van der Waals surface area (Å²) in [6.45, 7) is 2.86. The number of benzene rings is 2. The van der Waals surface area contributed by atoms with Crippen LogP contribution >= 0.6 is 0 Å². The monoisotopic (exact) mass is 361 g/mol. The Morgan fingerprint density at radius 3 is 2.78 bits per heavy atom. The number of carbonyl (C=O) groups excluding carboxylic acids is 1. The average molecular weight is 361 g/mol. The predicted octanol–water partition coefficient (Wildman–Crippen LogP) is 3.53. The molecular weight excluding hydrogens is 338 g/mol. The lowest BCUT2D eigenvalue weighted by molar-refractivity contribution is -0.132. The number of aromatic amines is 1. The first-order valence-corrected chi connectivity index (χ1v) is 9.46. The van der Waals surface area contributed by atoms with Gasteiger partial charge in [0.15, 0.2) is 0 Å².